The van der Waals surface area contributed by atoms with Gasteiger partial charge in [-0.1, -0.05) is 0 Å². The number of methoxy groups -OCH3 is 1. The molecule has 0 aliphatic carbocycles. The Morgan fingerprint density at radius 1 is 0.947 bits per heavy atom. The topological polar surface area (TPSA) is 73.6 Å². The number of hydrogen-bond donors (Lipinski definition) is 2. The number of hydrazine groups is 1. The van der Waals surface area contributed by atoms with Crippen molar-refractivity contribution in [3.63, 3.8) is 0 Å². The maximum atomic E-state index is 11.3. The van der Waals surface area contributed by atoms with E-state index in [1.807, 2.05) is 12.1 Å². The van der Waals surface area contributed by atoms with Crippen molar-refractivity contribution in [2.45, 2.75) is 0 Å². The van der Waals surface area contributed by atoms with Gasteiger partial charge in [-0.3, -0.25) is 10.2 Å². The molecule has 0 aliphatic heterocycles. The van der Waals surface area contributed by atoms with Crippen LogP contribution in [0.3, 0.4) is 0 Å². The van der Waals surface area contributed by atoms with Gasteiger partial charge in [-0.25, -0.2) is 5.84 Å². The minimum absolute atomic E-state index is 0.337. The summed E-state index contributed by atoms with van der Waals surface area (Å²) in [7, 11) is 1.61. The Morgan fingerprint density at radius 2 is 1.42 bits per heavy atom. The monoisotopic (exact) mass is 258 g/mol. The maximum Gasteiger partial charge on any atom is 0.265 e. The smallest absolute Gasteiger partial charge is 0.265 e. The lowest BCUT2D eigenvalue weighted by Crippen LogP contribution is -2.29. The summed E-state index contributed by atoms with van der Waals surface area (Å²) in [4.78, 5) is 11.3. The van der Waals surface area contributed by atoms with Crippen LogP contribution in [0.4, 0.5) is 0 Å². The molecule has 0 aromatic heterocycles. The minimum atomic E-state index is -0.337. The highest BCUT2D eigenvalue weighted by Gasteiger charge is 2.03. The molecule has 0 bridgehead atoms. The first-order valence-electron chi connectivity index (χ1n) is 5.66. The van der Waals surface area contributed by atoms with E-state index in [1.54, 1.807) is 43.5 Å². The van der Waals surface area contributed by atoms with E-state index in [0.717, 1.165) is 5.75 Å². The Bertz CT molecular complexity index is 550. The van der Waals surface area contributed by atoms with Gasteiger partial charge in [0, 0.05) is 5.56 Å². The van der Waals surface area contributed by atoms with Crippen LogP contribution in [-0.2, 0) is 0 Å². The molecule has 0 spiro atoms. The molecule has 2 rings (SSSR count). The summed E-state index contributed by atoms with van der Waals surface area (Å²) in [5, 5.41) is 0. The first-order chi connectivity index (χ1) is 9.22. The molecule has 2 aromatic carbocycles. The second kappa shape index (κ2) is 5.88. The van der Waals surface area contributed by atoms with Gasteiger partial charge in [-0.15, -0.1) is 0 Å². The molecule has 0 heterocycles. The number of benzene rings is 2. The van der Waals surface area contributed by atoms with Gasteiger partial charge in [-0.2, -0.15) is 0 Å². The van der Waals surface area contributed by atoms with E-state index in [1.165, 1.54) is 0 Å². The number of nitrogens with one attached hydrogen (secondary N) is 1. The normalized spacial score (nSPS) is 9.79. The second-order valence-electron chi connectivity index (χ2n) is 3.78. The predicted octanol–water partition coefficient (Wildman–Crippen LogP) is 2.09. The summed E-state index contributed by atoms with van der Waals surface area (Å²) in [5.74, 6) is 6.81. The van der Waals surface area contributed by atoms with Crippen LogP contribution in [0, 0.1) is 0 Å². The summed E-state index contributed by atoms with van der Waals surface area (Å²) < 4.78 is 10.7. The fraction of sp³-hybridized carbons (Fsp3) is 0.0714. The second-order valence-corrected chi connectivity index (χ2v) is 3.78. The number of rotatable bonds is 4. The summed E-state index contributed by atoms with van der Waals surface area (Å²) in [5.41, 5.74) is 2.55. The Balaban J connectivity index is 2.08. The number of carbonyl (C=O) groups excluding carboxylic acids is 1. The standard InChI is InChI=1S/C14H14N2O3/c1-18-11-6-8-13(9-7-11)19-12-4-2-10(3-5-12)14(17)16-15/h2-9H,15H2,1H3,(H,16,17). The van der Waals surface area contributed by atoms with Crippen LogP contribution in [0.25, 0.3) is 0 Å². The SMILES string of the molecule is COc1ccc(Oc2ccc(C(=O)NN)cc2)cc1. The maximum absolute atomic E-state index is 11.3. The molecule has 0 saturated heterocycles. The Morgan fingerprint density at radius 3 is 1.89 bits per heavy atom. The molecule has 98 valence electrons. The van der Waals surface area contributed by atoms with Gasteiger partial charge in [0.1, 0.15) is 17.2 Å². The number of nitrogens with two attached hydrogens (primary N) is 1. The third kappa shape index (κ3) is 3.23. The highest BCUT2D eigenvalue weighted by atomic mass is 16.5. The van der Waals surface area contributed by atoms with E-state index in [0.29, 0.717) is 17.1 Å². The van der Waals surface area contributed by atoms with Gasteiger partial charge < -0.3 is 9.47 Å². The van der Waals surface area contributed by atoms with Gasteiger partial charge in [0.05, 0.1) is 7.11 Å². The van der Waals surface area contributed by atoms with Crippen LogP contribution >= 0.6 is 0 Å². The number of carbonyl (C=O) groups is 1. The number of hydrogen-bond acceptors (Lipinski definition) is 4. The predicted molar refractivity (Wildman–Crippen MR) is 71.2 cm³/mol. The summed E-state index contributed by atoms with van der Waals surface area (Å²) >= 11 is 0. The molecule has 5 heteroatoms. The molecule has 1 amide bonds. The summed E-state index contributed by atoms with van der Waals surface area (Å²) in [6.07, 6.45) is 0. The molecule has 0 saturated carbocycles. The molecule has 5 nitrogen and oxygen atoms in total. The molecule has 0 fully saturated rings. The van der Waals surface area contributed by atoms with Crippen molar-refractivity contribution in [1.29, 1.82) is 0 Å². The zero-order valence-corrected chi connectivity index (χ0v) is 10.4. The van der Waals surface area contributed by atoms with Crippen molar-refractivity contribution in [3.8, 4) is 17.2 Å². The van der Waals surface area contributed by atoms with Gasteiger partial charge in [0.2, 0.25) is 0 Å². The molecule has 3 N–H and O–H groups in total. The molecule has 0 aliphatic rings. The zero-order chi connectivity index (χ0) is 13.7. The van der Waals surface area contributed by atoms with Gasteiger partial charge in [0.15, 0.2) is 0 Å². The fourth-order valence-electron chi connectivity index (χ4n) is 1.54. The third-order valence-electron chi connectivity index (χ3n) is 2.54. The van der Waals surface area contributed by atoms with E-state index >= 15 is 0 Å². The average molecular weight is 258 g/mol. The Hall–Kier alpha value is -2.53. The molecule has 0 atom stereocenters. The van der Waals surface area contributed by atoms with E-state index in [-0.39, 0.29) is 5.91 Å². The summed E-state index contributed by atoms with van der Waals surface area (Å²) in [6, 6.07) is 13.9. The highest BCUT2D eigenvalue weighted by Crippen LogP contribution is 2.23. The van der Waals surface area contributed by atoms with Crippen LogP contribution in [-0.4, -0.2) is 13.0 Å². The van der Waals surface area contributed by atoms with Gasteiger partial charge in [0.25, 0.3) is 5.91 Å². The zero-order valence-electron chi connectivity index (χ0n) is 10.4. The molecule has 2 aromatic rings. The fourth-order valence-corrected chi connectivity index (χ4v) is 1.54. The van der Waals surface area contributed by atoms with Gasteiger partial charge >= 0.3 is 0 Å². The van der Waals surface area contributed by atoms with Crippen molar-refractivity contribution in [2.24, 2.45) is 5.84 Å². The lowest BCUT2D eigenvalue weighted by molar-refractivity contribution is 0.0953. The van der Waals surface area contributed by atoms with E-state index in [9.17, 15) is 4.79 Å². The van der Waals surface area contributed by atoms with Gasteiger partial charge in [-0.05, 0) is 48.5 Å². The minimum Gasteiger partial charge on any atom is -0.497 e. The first kappa shape index (κ1) is 12.9. The molecular weight excluding hydrogens is 244 g/mol. The van der Waals surface area contributed by atoms with Crippen LogP contribution in [0.1, 0.15) is 10.4 Å². The van der Waals surface area contributed by atoms with Crippen LogP contribution < -0.4 is 20.7 Å². The lowest BCUT2D eigenvalue weighted by Gasteiger charge is -2.07. The van der Waals surface area contributed by atoms with Crippen molar-refractivity contribution in [3.05, 3.63) is 54.1 Å². The Kier molecular flexibility index (Phi) is 4.00. The molecule has 0 radical (unpaired) electrons. The Labute approximate surface area is 110 Å². The largest absolute Gasteiger partial charge is 0.497 e. The third-order valence-corrected chi connectivity index (χ3v) is 2.54. The van der Waals surface area contributed by atoms with E-state index < -0.39 is 0 Å². The molecule has 19 heavy (non-hydrogen) atoms. The number of amides is 1. The van der Waals surface area contributed by atoms with Crippen molar-refractivity contribution in [1.82, 2.24) is 5.43 Å². The van der Waals surface area contributed by atoms with E-state index in [2.05, 4.69) is 5.43 Å². The first-order valence-corrected chi connectivity index (χ1v) is 5.66. The molecule has 0 unspecified atom stereocenters. The van der Waals surface area contributed by atoms with Crippen molar-refractivity contribution < 1.29 is 14.3 Å². The van der Waals surface area contributed by atoms with Crippen molar-refractivity contribution >= 4 is 5.91 Å². The van der Waals surface area contributed by atoms with Crippen LogP contribution in [0.15, 0.2) is 48.5 Å². The summed E-state index contributed by atoms with van der Waals surface area (Å²) in [6.45, 7) is 0. The van der Waals surface area contributed by atoms with E-state index in [4.69, 9.17) is 15.3 Å². The number of nitrogen functional groups attached to an aromatic ring is 1. The van der Waals surface area contributed by atoms with Crippen LogP contribution in [0.5, 0.6) is 17.2 Å². The highest BCUT2D eigenvalue weighted by molar-refractivity contribution is 5.93. The van der Waals surface area contributed by atoms with Crippen molar-refractivity contribution in [2.75, 3.05) is 7.11 Å². The number of ether oxygens (including phenoxy) is 2. The lowest BCUT2D eigenvalue weighted by atomic mass is 10.2. The average Bonchev–Trinajstić information content (AvgIpc) is 2.48. The molecular formula is C14H14N2O3. The quantitative estimate of drug-likeness (QED) is 0.500. The van der Waals surface area contributed by atoms with Crippen LogP contribution in [0.2, 0.25) is 0 Å².